The molecule has 4 heteroatoms. The maximum atomic E-state index is 5.00. The minimum Gasteiger partial charge on any atom is -0.335 e. The molecule has 0 atom stereocenters. The highest BCUT2D eigenvalue weighted by molar-refractivity contribution is 14.1. The maximum Gasteiger partial charge on any atom is 0.161 e. The van der Waals surface area contributed by atoms with Gasteiger partial charge < -0.3 is 5.32 Å². The topological polar surface area (TPSA) is 24.4 Å². The molecule has 2 aliphatic rings. The van der Waals surface area contributed by atoms with Gasteiger partial charge in [0.15, 0.2) is 5.17 Å². The Morgan fingerprint density at radius 2 is 2.16 bits per heavy atom. The van der Waals surface area contributed by atoms with E-state index in [1.54, 1.807) is 0 Å². The third-order valence-corrected chi connectivity index (χ3v) is 5.92. The van der Waals surface area contributed by atoms with Gasteiger partial charge in [-0.25, -0.2) is 0 Å². The van der Waals surface area contributed by atoms with Crippen molar-refractivity contribution in [1.82, 2.24) is 0 Å². The lowest BCUT2D eigenvalue weighted by Gasteiger charge is -2.32. The number of hydrogen-bond acceptors (Lipinski definition) is 3. The molecule has 0 radical (unpaired) electrons. The second-order valence-corrected chi connectivity index (χ2v) is 7.96. The van der Waals surface area contributed by atoms with E-state index in [2.05, 4.69) is 59.1 Å². The van der Waals surface area contributed by atoms with E-state index in [0.717, 1.165) is 22.5 Å². The standard InChI is InChI=1S/C15H19IN2S/c1-11-5-7-15(8-6-11)10-19-14(18-15)17-13-4-2-3-12(16)9-13/h2-4,9,11H,5-8,10H2,1H3,(H,17,18). The smallest absolute Gasteiger partial charge is 0.161 e. The van der Waals surface area contributed by atoms with Crippen molar-refractivity contribution in [1.29, 1.82) is 0 Å². The van der Waals surface area contributed by atoms with Crippen LogP contribution < -0.4 is 5.32 Å². The van der Waals surface area contributed by atoms with Crippen LogP contribution in [0.5, 0.6) is 0 Å². The number of thioether (sulfide) groups is 1. The average molecular weight is 386 g/mol. The summed E-state index contributed by atoms with van der Waals surface area (Å²) in [5.74, 6) is 2.05. The first kappa shape index (κ1) is 13.7. The van der Waals surface area contributed by atoms with Crippen molar-refractivity contribution in [3.63, 3.8) is 0 Å². The molecule has 1 fully saturated rings. The van der Waals surface area contributed by atoms with Gasteiger partial charge in [0.05, 0.1) is 5.54 Å². The molecule has 1 spiro atoms. The third-order valence-electron chi connectivity index (χ3n) is 4.10. The fourth-order valence-corrected chi connectivity index (χ4v) is 4.54. The number of anilines is 1. The Labute approximate surface area is 133 Å². The molecule has 0 saturated heterocycles. The lowest BCUT2D eigenvalue weighted by molar-refractivity contribution is 0.273. The lowest BCUT2D eigenvalue weighted by atomic mass is 9.79. The van der Waals surface area contributed by atoms with Gasteiger partial charge in [0, 0.05) is 15.0 Å². The van der Waals surface area contributed by atoms with Crippen molar-refractivity contribution < 1.29 is 0 Å². The van der Waals surface area contributed by atoms with E-state index < -0.39 is 0 Å². The summed E-state index contributed by atoms with van der Waals surface area (Å²) in [4.78, 5) is 5.00. The van der Waals surface area contributed by atoms with E-state index in [9.17, 15) is 0 Å². The molecule has 0 amide bonds. The number of rotatable bonds is 1. The van der Waals surface area contributed by atoms with Gasteiger partial charge in [0.25, 0.3) is 0 Å². The second-order valence-electron chi connectivity index (χ2n) is 5.75. The SMILES string of the molecule is CC1CCC2(CC1)CSC(Nc1cccc(I)c1)=N2. The normalized spacial score (nSPS) is 30.4. The summed E-state index contributed by atoms with van der Waals surface area (Å²) in [6.07, 6.45) is 5.19. The van der Waals surface area contributed by atoms with E-state index in [-0.39, 0.29) is 5.54 Å². The molecule has 1 aliphatic carbocycles. The zero-order valence-electron chi connectivity index (χ0n) is 11.2. The third kappa shape index (κ3) is 3.27. The molecule has 1 heterocycles. The molecule has 19 heavy (non-hydrogen) atoms. The van der Waals surface area contributed by atoms with Crippen molar-refractivity contribution in [2.45, 2.75) is 38.1 Å². The summed E-state index contributed by atoms with van der Waals surface area (Å²) in [5, 5.41) is 4.58. The Hall–Kier alpha value is -0.230. The van der Waals surface area contributed by atoms with Crippen LogP contribution in [-0.2, 0) is 0 Å². The van der Waals surface area contributed by atoms with Crippen LogP contribution in [0.3, 0.4) is 0 Å². The Kier molecular flexibility index (Phi) is 4.08. The van der Waals surface area contributed by atoms with Crippen LogP contribution in [0.4, 0.5) is 5.69 Å². The molecular weight excluding hydrogens is 367 g/mol. The number of amidine groups is 1. The van der Waals surface area contributed by atoms with Gasteiger partial charge in [-0.2, -0.15) is 0 Å². The molecule has 0 unspecified atom stereocenters. The largest absolute Gasteiger partial charge is 0.335 e. The zero-order chi connectivity index (χ0) is 13.3. The molecule has 1 N–H and O–H groups in total. The number of nitrogens with zero attached hydrogens (tertiary/aromatic N) is 1. The highest BCUT2D eigenvalue weighted by Crippen LogP contribution is 2.41. The van der Waals surface area contributed by atoms with Gasteiger partial charge in [0.1, 0.15) is 0 Å². The Bertz CT molecular complexity index is 493. The molecule has 0 bridgehead atoms. The van der Waals surface area contributed by atoms with Gasteiger partial charge in [-0.15, -0.1) is 0 Å². The van der Waals surface area contributed by atoms with E-state index in [1.807, 2.05) is 11.8 Å². The van der Waals surface area contributed by atoms with Gasteiger partial charge in [-0.05, 0) is 72.4 Å². The summed E-state index contributed by atoms with van der Waals surface area (Å²) < 4.78 is 1.26. The first-order chi connectivity index (χ1) is 9.15. The van der Waals surface area contributed by atoms with Crippen LogP contribution in [0.2, 0.25) is 0 Å². The Morgan fingerprint density at radius 3 is 2.89 bits per heavy atom. The number of halogens is 1. The zero-order valence-corrected chi connectivity index (χ0v) is 14.1. The van der Waals surface area contributed by atoms with Gasteiger partial charge in [0.2, 0.25) is 0 Å². The van der Waals surface area contributed by atoms with Crippen LogP contribution >= 0.6 is 34.4 Å². The summed E-state index contributed by atoms with van der Waals surface area (Å²) in [5.41, 5.74) is 1.39. The first-order valence-electron chi connectivity index (χ1n) is 6.90. The van der Waals surface area contributed by atoms with Crippen molar-refractivity contribution in [2.24, 2.45) is 10.9 Å². The number of benzene rings is 1. The minimum absolute atomic E-state index is 0.238. The molecule has 1 aliphatic heterocycles. The number of nitrogens with one attached hydrogen (secondary N) is 1. The lowest BCUT2D eigenvalue weighted by Crippen LogP contribution is -2.32. The van der Waals surface area contributed by atoms with Crippen LogP contribution in [0.15, 0.2) is 29.3 Å². The van der Waals surface area contributed by atoms with Crippen LogP contribution in [0.1, 0.15) is 32.6 Å². The molecular formula is C15H19IN2S. The summed E-state index contributed by atoms with van der Waals surface area (Å²) >= 11 is 4.23. The van der Waals surface area contributed by atoms with Crippen molar-refractivity contribution in [3.8, 4) is 0 Å². The van der Waals surface area contributed by atoms with Crippen molar-refractivity contribution in [3.05, 3.63) is 27.8 Å². The highest BCUT2D eigenvalue weighted by Gasteiger charge is 2.38. The molecule has 1 aromatic carbocycles. The number of aliphatic imine (C=N–C) groups is 1. The number of hydrogen-bond donors (Lipinski definition) is 1. The molecule has 1 saturated carbocycles. The highest BCUT2D eigenvalue weighted by atomic mass is 127. The van der Waals surface area contributed by atoms with E-state index in [4.69, 9.17) is 4.99 Å². The quantitative estimate of drug-likeness (QED) is 0.705. The molecule has 0 aromatic heterocycles. The van der Waals surface area contributed by atoms with Gasteiger partial charge in [-0.1, -0.05) is 24.8 Å². The van der Waals surface area contributed by atoms with Gasteiger partial charge in [-0.3, -0.25) is 4.99 Å². The predicted molar refractivity (Wildman–Crippen MR) is 93.0 cm³/mol. The van der Waals surface area contributed by atoms with Crippen LogP contribution in [0.25, 0.3) is 0 Å². The fraction of sp³-hybridized carbons (Fsp3) is 0.533. The maximum absolute atomic E-state index is 5.00. The van der Waals surface area contributed by atoms with E-state index >= 15 is 0 Å². The Morgan fingerprint density at radius 1 is 1.37 bits per heavy atom. The Balaban J connectivity index is 1.70. The van der Waals surface area contributed by atoms with Crippen molar-refractivity contribution in [2.75, 3.05) is 11.1 Å². The monoisotopic (exact) mass is 386 g/mol. The molecule has 1 aromatic rings. The summed E-state index contributed by atoms with van der Waals surface area (Å²) in [6.45, 7) is 2.36. The fourth-order valence-electron chi connectivity index (χ4n) is 2.79. The van der Waals surface area contributed by atoms with Crippen molar-refractivity contribution >= 4 is 45.2 Å². The average Bonchev–Trinajstić information content (AvgIpc) is 2.77. The molecule has 3 rings (SSSR count). The summed E-state index contributed by atoms with van der Waals surface area (Å²) in [7, 11) is 0. The van der Waals surface area contributed by atoms with E-state index in [0.29, 0.717) is 0 Å². The van der Waals surface area contributed by atoms with E-state index in [1.165, 1.54) is 29.3 Å². The molecule has 2 nitrogen and oxygen atoms in total. The predicted octanol–water partition coefficient (Wildman–Crippen LogP) is 4.75. The van der Waals surface area contributed by atoms with Crippen LogP contribution in [0, 0.1) is 9.49 Å². The second kappa shape index (κ2) is 5.64. The van der Waals surface area contributed by atoms with Gasteiger partial charge >= 0.3 is 0 Å². The minimum atomic E-state index is 0.238. The first-order valence-corrected chi connectivity index (χ1v) is 8.97. The summed E-state index contributed by atoms with van der Waals surface area (Å²) in [6, 6.07) is 8.47. The molecule has 102 valence electrons. The van der Waals surface area contributed by atoms with Crippen LogP contribution in [-0.4, -0.2) is 16.5 Å².